The molecule has 0 saturated carbocycles. The van der Waals surface area contributed by atoms with Gasteiger partial charge in [0, 0.05) is 28.4 Å². The first kappa shape index (κ1) is 19.4. The van der Waals surface area contributed by atoms with Crippen molar-refractivity contribution in [2.45, 2.75) is 13.5 Å². The lowest BCUT2D eigenvalue weighted by Crippen LogP contribution is -2.13. The lowest BCUT2D eigenvalue weighted by atomic mass is 10.1. The Morgan fingerprint density at radius 3 is 2.71 bits per heavy atom. The minimum absolute atomic E-state index is 0.0846. The summed E-state index contributed by atoms with van der Waals surface area (Å²) in [4.78, 5) is 23.0. The largest absolute Gasteiger partial charge is 0.490 e. The molecule has 0 atom stereocenters. The van der Waals surface area contributed by atoms with Crippen molar-refractivity contribution >= 4 is 29.0 Å². The molecule has 144 valence electrons. The molecule has 0 aliphatic rings. The molecule has 1 amide bonds. The fourth-order valence-electron chi connectivity index (χ4n) is 2.68. The number of nitrogens with one attached hydrogen (secondary N) is 1. The van der Waals surface area contributed by atoms with Crippen LogP contribution in [-0.2, 0) is 6.54 Å². The number of nitro groups is 1. The van der Waals surface area contributed by atoms with Crippen molar-refractivity contribution in [3.63, 3.8) is 0 Å². The van der Waals surface area contributed by atoms with Gasteiger partial charge in [-0.15, -0.1) is 0 Å². The van der Waals surface area contributed by atoms with Crippen LogP contribution in [0.2, 0.25) is 5.02 Å². The molecule has 8 nitrogen and oxygen atoms in total. The molecule has 0 bridgehead atoms. The summed E-state index contributed by atoms with van der Waals surface area (Å²) in [6, 6.07) is 13.2. The first-order valence-electron chi connectivity index (χ1n) is 8.30. The zero-order valence-corrected chi connectivity index (χ0v) is 15.9. The summed E-state index contributed by atoms with van der Waals surface area (Å²) >= 11 is 6.19. The Balaban J connectivity index is 1.79. The molecule has 3 aromatic rings. The lowest BCUT2D eigenvalue weighted by molar-refractivity contribution is -0.385. The van der Waals surface area contributed by atoms with Crippen LogP contribution >= 0.6 is 11.6 Å². The number of carbonyl (C=O) groups is 1. The fourth-order valence-corrected chi connectivity index (χ4v) is 2.88. The fraction of sp³-hybridized carbons (Fsp3) is 0.158. The molecule has 2 aromatic carbocycles. The Kier molecular flexibility index (Phi) is 5.60. The average molecular weight is 401 g/mol. The standard InChI is InChI=1S/C19H17ClN4O4/c1-12-9-18(22-23(12)11-14-5-3-4-6-15(14)20)21-19(25)13-7-8-17(28-2)16(10-13)24(26)27/h3-10H,11H2,1-2H3,(H,21,22,25). The smallest absolute Gasteiger partial charge is 0.311 e. The second kappa shape index (κ2) is 8.10. The number of nitro benzene ring substituents is 1. The van der Waals surface area contributed by atoms with Gasteiger partial charge in [-0.05, 0) is 30.7 Å². The van der Waals surface area contributed by atoms with Gasteiger partial charge in [-0.3, -0.25) is 19.6 Å². The zero-order valence-electron chi connectivity index (χ0n) is 15.2. The lowest BCUT2D eigenvalue weighted by Gasteiger charge is -2.07. The highest BCUT2D eigenvalue weighted by Gasteiger charge is 2.19. The summed E-state index contributed by atoms with van der Waals surface area (Å²) in [5, 5.41) is 18.8. The van der Waals surface area contributed by atoms with Crippen LogP contribution in [0.5, 0.6) is 5.75 Å². The van der Waals surface area contributed by atoms with Gasteiger partial charge < -0.3 is 10.1 Å². The molecule has 0 radical (unpaired) electrons. The predicted molar refractivity (Wildman–Crippen MR) is 105 cm³/mol. The Labute approximate surface area is 165 Å². The topological polar surface area (TPSA) is 99.3 Å². The Morgan fingerprint density at radius 1 is 1.29 bits per heavy atom. The first-order chi connectivity index (χ1) is 13.4. The zero-order chi connectivity index (χ0) is 20.3. The van der Waals surface area contributed by atoms with Crippen molar-refractivity contribution in [3.05, 3.63) is 80.5 Å². The molecule has 3 rings (SSSR count). The van der Waals surface area contributed by atoms with E-state index in [9.17, 15) is 14.9 Å². The number of hydrogen-bond acceptors (Lipinski definition) is 5. The molecule has 0 aliphatic heterocycles. The number of aromatic nitrogens is 2. The SMILES string of the molecule is COc1ccc(C(=O)Nc2cc(C)n(Cc3ccccc3Cl)n2)cc1[N+](=O)[O-]. The minimum atomic E-state index is -0.599. The summed E-state index contributed by atoms with van der Waals surface area (Å²) in [6.07, 6.45) is 0. The van der Waals surface area contributed by atoms with E-state index in [1.165, 1.54) is 25.3 Å². The molecule has 9 heteroatoms. The third-order valence-corrected chi connectivity index (χ3v) is 4.51. The molecule has 1 aromatic heterocycles. The van der Waals surface area contributed by atoms with E-state index >= 15 is 0 Å². The molecule has 1 N–H and O–H groups in total. The van der Waals surface area contributed by atoms with Crippen LogP contribution < -0.4 is 10.1 Å². The molecule has 0 unspecified atom stereocenters. The second-order valence-corrected chi connectivity index (χ2v) is 6.43. The highest BCUT2D eigenvalue weighted by Crippen LogP contribution is 2.28. The van der Waals surface area contributed by atoms with Gasteiger partial charge in [0.05, 0.1) is 18.6 Å². The third-order valence-electron chi connectivity index (χ3n) is 4.14. The number of rotatable bonds is 6. The second-order valence-electron chi connectivity index (χ2n) is 6.02. The number of hydrogen-bond donors (Lipinski definition) is 1. The molecule has 0 aliphatic carbocycles. The third kappa shape index (κ3) is 4.12. The normalized spacial score (nSPS) is 10.5. The van der Waals surface area contributed by atoms with Crippen molar-refractivity contribution in [2.24, 2.45) is 0 Å². The van der Waals surface area contributed by atoms with E-state index in [0.29, 0.717) is 17.4 Å². The van der Waals surface area contributed by atoms with Crippen LogP contribution in [0.4, 0.5) is 11.5 Å². The van der Waals surface area contributed by atoms with Crippen molar-refractivity contribution in [1.82, 2.24) is 9.78 Å². The van der Waals surface area contributed by atoms with Gasteiger partial charge in [-0.25, -0.2) is 0 Å². The van der Waals surface area contributed by atoms with Crippen molar-refractivity contribution in [2.75, 3.05) is 12.4 Å². The molecule has 1 heterocycles. The quantitative estimate of drug-likeness (QED) is 0.496. The number of methoxy groups -OCH3 is 1. The van der Waals surface area contributed by atoms with Crippen LogP contribution in [0.1, 0.15) is 21.6 Å². The summed E-state index contributed by atoms with van der Waals surface area (Å²) in [5.74, 6) is -0.0809. The maximum absolute atomic E-state index is 12.5. The summed E-state index contributed by atoms with van der Waals surface area (Å²) in [5.41, 5.74) is 1.58. The molecular formula is C19H17ClN4O4. The molecule has 0 fully saturated rings. The predicted octanol–water partition coefficient (Wildman–Crippen LogP) is 4.06. The number of anilines is 1. The van der Waals surface area contributed by atoms with E-state index in [1.807, 2.05) is 25.1 Å². The van der Waals surface area contributed by atoms with E-state index in [4.69, 9.17) is 16.3 Å². The van der Waals surface area contributed by atoms with Gasteiger partial charge in [0.1, 0.15) is 0 Å². The number of aryl methyl sites for hydroxylation is 1. The summed E-state index contributed by atoms with van der Waals surface area (Å²) < 4.78 is 6.66. The Bertz CT molecular complexity index is 1050. The van der Waals surface area contributed by atoms with Crippen molar-refractivity contribution in [1.29, 1.82) is 0 Å². The summed E-state index contributed by atoms with van der Waals surface area (Å²) in [7, 11) is 1.33. The van der Waals surface area contributed by atoms with E-state index in [-0.39, 0.29) is 17.0 Å². The van der Waals surface area contributed by atoms with E-state index in [0.717, 1.165) is 11.3 Å². The molecular weight excluding hydrogens is 384 g/mol. The van der Waals surface area contributed by atoms with Crippen LogP contribution in [0, 0.1) is 17.0 Å². The number of benzene rings is 2. The Morgan fingerprint density at radius 2 is 2.04 bits per heavy atom. The van der Waals surface area contributed by atoms with Gasteiger partial charge in [0.15, 0.2) is 11.6 Å². The van der Waals surface area contributed by atoms with Gasteiger partial charge in [-0.1, -0.05) is 29.8 Å². The monoisotopic (exact) mass is 400 g/mol. The number of amides is 1. The molecule has 0 spiro atoms. The summed E-state index contributed by atoms with van der Waals surface area (Å²) in [6.45, 7) is 2.31. The van der Waals surface area contributed by atoms with Crippen LogP contribution in [0.3, 0.4) is 0 Å². The molecule has 28 heavy (non-hydrogen) atoms. The highest BCUT2D eigenvalue weighted by molar-refractivity contribution is 6.31. The highest BCUT2D eigenvalue weighted by atomic mass is 35.5. The maximum atomic E-state index is 12.5. The van der Waals surface area contributed by atoms with Crippen LogP contribution in [-0.4, -0.2) is 27.7 Å². The Hall–Kier alpha value is -3.39. The van der Waals surface area contributed by atoms with Gasteiger partial charge in [0.2, 0.25) is 0 Å². The van der Waals surface area contributed by atoms with Gasteiger partial charge in [-0.2, -0.15) is 5.10 Å². The number of halogens is 1. The van der Waals surface area contributed by atoms with E-state index in [2.05, 4.69) is 10.4 Å². The number of nitrogens with zero attached hydrogens (tertiary/aromatic N) is 3. The van der Waals surface area contributed by atoms with Crippen LogP contribution in [0.25, 0.3) is 0 Å². The first-order valence-corrected chi connectivity index (χ1v) is 8.68. The van der Waals surface area contributed by atoms with Crippen molar-refractivity contribution in [3.8, 4) is 5.75 Å². The van der Waals surface area contributed by atoms with Gasteiger partial charge >= 0.3 is 5.69 Å². The maximum Gasteiger partial charge on any atom is 0.311 e. The molecule has 0 saturated heterocycles. The average Bonchev–Trinajstić information content (AvgIpc) is 3.01. The minimum Gasteiger partial charge on any atom is -0.490 e. The number of carbonyl (C=O) groups excluding carboxylic acids is 1. The van der Waals surface area contributed by atoms with Crippen LogP contribution in [0.15, 0.2) is 48.5 Å². The number of ether oxygens (including phenoxy) is 1. The van der Waals surface area contributed by atoms with Crippen molar-refractivity contribution < 1.29 is 14.5 Å². The van der Waals surface area contributed by atoms with Gasteiger partial charge in [0.25, 0.3) is 5.91 Å². The van der Waals surface area contributed by atoms with E-state index in [1.54, 1.807) is 16.8 Å². The van der Waals surface area contributed by atoms with E-state index < -0.39 is 10.8 Å².